The molecule has 2 nitrogen and oxygen atoms in total. The molecule has 0 spiro atoms. The van der Waals surface area contributed by atoms with Gasteiger partial charge in [-0.25, -0.2) is 8.78 Å². The summed E-state index contributed by atoms with van der Waals surface area (Å²) in [5.74, 6) is -1.19. The topological polar surface area (TPSA) is 29.1 Å². The van der Waals surface area contributed by atoms with Gasteiger partial charge in [0.25, 0.3) is 0 Å². The molecule has 1 fully saturated rings. The van der Waals surface area contributed by atoms with Gasteiger partial charge in [-0.3, -0.25) is 4.79 Å². The van der Waals surface area contributed by atoms with Gasteiger partial charge in [0.1, 0.15) is 11.6 Å². The Hall–Kier alpha value is -2.23. The first-order chi connectivity index (χ1) is 9.65. The van der Waals surface area contributed by atoms with E-state index in [0.29, 0.717) is 17.7 Å². The van der Waals surface area contributed by atoms with E-state index in [-0.39, 0.29) is 23.6 Å². The summed E-state index contributed by atoms with van der Waals surface area (Å²) in [6, 6.07) is 12.2. The van der Waals surface area contributed by atoms with Crippen molar-refractivity contribution in [3.8, 4) is 0 Å². The number of nitrogens with one attached hydrogen (secondary N) is 1. The second-order valence-corrected chi connectivity index (χ2v) is 4.97. The van der Waals surface area contributed by atoms with Crippen LogP contribution >= 0.6 is 0 Å². The highest BCUT2D eigenvalue weighted by Gasteiger charge is 2.45. The third kappa shape index (κ3) is 2.54. The molecule has 4 heteroatoms. The minimum atomic E-state index is -0.399. The Labute approximate surface area is 115 Å². The molecule has 1 N–H and O–H groups in total. The fourth-order valence-corrected chi connectivity index (χ4v) is 2.41. The van der Waals surface area contributed by atoms with Crippen LogP contribution in [0, 0.1) is 17.6 Å². The number of hydrogen-bond acceptors (Lipinski definition) is 1. The first-order valence-electron chi connectivity index (χ1n) is 6.46. The lowest BCUT2D eigenvalue weighted by Gasteiger charge is -2.05. The minimum Gasteiger partial charge on any atom is -0.326 e. The van der Waals surface area contributed by atoms with Crippen LogP contribution in [0.4, 0.5) is 14.5 Å². The van der Waals surface area contributed by atoms with E-state index in [2.05, 4.69) is 5.32 Å². The van der Waals surface area contributed by atoms with Crippen molar-refractivity contribution in [3.63, 3.8) is 0 Å². The fraction of sp³-hybridized carbons (Fsp3) is 0.188. The quantitative estimate of drug-likeness (QED) is 0.907. The van der Waals surface area contributed by atoms with E-state index < -0.39 is 5.82 Å². The number of hydrogen-bond donors (Lipinski definition) is 1. The molecule has 1 aliphatic rings. The smallest absolute Gasteiger partial charge is 0.228 e. The van der Waals surface area contributed by atoms with E-state index >= 15 is 0 Å². The Morgan fingerprint density at radius 1 is 1.10 bits per heavy atom. The number of benzene rings is 2. The Kier molecular flexibility index (Phi) is 3.22. The van der Waals surface area contributed by atoms with Crippen molar-refractivity contribution in [2.75, 3.05) is 5.32 Å². The van der Waals surface area contributed by atoms with Crippen molar-refractivity contribution in [1.82, 2.24) is 0 Å². The third-order valence-electron chi connectivity index (χ3n) is 3.52. The lowest BCUT2D eigenvalue weighted by molar-refractivity contribution is -0.117. The van der Waals surface area contributed by atoms with Gasteiger partial charge in [0.05, 0.1) is 0 Å². The number of halogens is 2. The average Bonchev–Trinajstić information content (AvgIpc) is 3.19. The van der Waals surface area contributed by atoms with Crippen LogP contribution in [-0.2, 0) is 4.79 Å². The summed E-state index contributed by atoms with van der Waals surface area (Å²) in [4.78, 5) is 12.0. The predicted molar refractivity (Wildman–Crippen MR) is 72.3 cm³/mol. The van der Waals surface area contributed by atoms with Gasteiger partial charge in [-0.2, -0.15) is 0 Å². The van der Waals surface area contributed by atoms with Crippen LogP contribution in [0.1, 0.15) is 17.9 Å². The number of carbonyl (C=O) groups excluding carboxylic acids is 1. The van der Waals surface area contributed by atoms with Gasteiger partial charge in [-0.15, -0.1) is 0 Å². The van der Waals surface area contributed by atoms with Crippen molar-refractivity contribution in [2.45, 2.75) is 12.3 Å². The predicted octanol–water partition coefficient (Wildman–Crippen LogP) is 3.71. The molecule has 1 aliphatic carbocycles. The van der Waals surface area contributed by atoms with Gasteiger partial charge >= 0.3 is 0 Å². The molecule has 0 saturated heterocycles. The molecule has 3 rings (SSSR count). The first kappa shape index (κ1) is 12.8. The number of anilines is 1. The zero-order valence-corrected chi connectivity index (χ0v) is 10.6. The van der Waals surface area contributed by atoms with Crippen molar-refractivity contribution in [2.24, 2.45) is 5.92 Å². The maximum Gasteiger partial charge on any atom is 0.228 e. The monoisotopic (exact) mass is 273 g/mol. The second-order valence-electron chi connectivity index (χ2n) is 4.97. The average molecular weight is 273 g/mol. The lowest BCUT2D eigenvalue weighted by Crippen LogP contribution is -2.14. The van der Waals surface area contributed by atoms with E-state index in [4.69, 9.17) is 0 Å². The van der Waals surface area contributed by atoms with Gasteiger partial charge < -0.3 is 5.32 Å². The summed E-state index contributed by atoms with van der Waals surface area (Å²) in [7, 11) is 0. The molecule has 0 heterocycles. The van der Waals surface area contributed by atoms with Gasteiger partial charge in [0.15, 0.2) is 0 Å². The maximum atomic E-state index is 13.6. The zero-order chi connectivity index (χ0) is 14.1. The fourth-order valence-electron chi connectivity index (χ4n) is 2.41. The van der Waals surface area contributed by atoms with Gasteiger partial charge in [0.2, 0.25) is 5.91 Å². The Bertz CT molecular complexity index is 656. The van der Waals surface area contributed by atoms with E-state index in [1.807, 2.05) is 0 Å². The molecule has 2 unspecified atom stereocenters. The molecule has 0 radical (unpaired) electrons. The summed E-state index contributed by atoms with van der Waals surface area (Å²) >= 11 is 0. The summed E-state index contributed by atoms with van der Waals surface area (Å²) in [6.45, 7) is 0. The van der Waals surface area contributed by atoms with Gasteiger partial charge in [-0.1, -0.05) is 24.3 Å². The largest absolute Gasteiger partial charge is 0.326 e. The van der Waals surface area contributed by atoms with Crippen LogP contribution in [0.5, 0.6) is 0 Å². The van der Waals surface area contributed by atoms with Crippen LogP contribution in [0.2, 0.25) is 0 Å². The van der Waals surface area contributed by atoms with Crippen LogP contribution < -0.4 is 5.32 Å². The normalized spacial score (nSPS) is 20.5. The molecule has 0 aliphatic heterocycles. The maximum absolute atomic E-state index is 13.6. The molecule has 0 aromatic heterocycles. The molecule has 2 atom stereocenters. The van der Waals surface area contributed by atoms with Crippen molar-refractivity contribution in [3.05, 3.63) is 65.7 Å². The van der Waals surface area contributed by atoms with E-state index in [9.17, 15) is 13.6 Å². The van der Waals surface area contributed by atoms with Crippen LogP contribution in [0.15, 0.2) is 48.5 Å². The van der Waals surface area contributed by atoms with Crippen molar-refractivity contribution < 1.29 is 13.6 Å². The van der Waals surface area contributed by atoms with Crippen LogP contribution in [0.3, 0.4) is 0 Å². The second kappa shape index (κ2) is 5.04. The highest BCUT2D eigenvalue weighted by Crippen LogP contribution is 2.48. The first-order valence-corrected chi connectivity index (χ1v) is 6.46. The lowest BCUT2D eigenvalue weighted by atomic mass is 10.1. The Morgan fingerprint density at radius 3 is 2.65 bits per heavy atom. The van der Waals surface area contributed by atoms with Crippen molar-refractivity contribution >= 4 is 11.6 Å². The number of carbonyl (C=O) groups is 1. The molecule has 2 aromatic rings. The third-order valence-corrected chi connectivity index (χ3v) is 3.52. The molecular formula is C16H13F2NO. The Balaban J connectivity index is 1.68. The van der Waals surface area contributed by atoms with Crippen molar-refractivity contribution in [1.29, 1.82) is 0 Å². The summed E-state index contributed by atoms with van der Waals surface area (Å²) in [5, 5.41) is 2.66. The summed E-state index contributed by atoms with van der Waals surface area (Å²) in [6.07, 6.45) is 0.627. The summed E-state index contributed by atoms with van der Waals surface area (Å²) in [5.41, 5.74) is 1.00. The standard InChI is InChI=1S/C16H13F2NO/c17-10-4-3-5-11(8-10)19-16(20)14-9-13(14)12-6-1-2-7-15(12)18/h1-8,13-14H,9H2,(H,19,20). The zero-order valence-electron chi connectivity index (χ0n) is 10.6. The molecular weight excluding hydrogens is 260 g/mol. The molecule has 1 saturated carbocycles. The van der Waals surface area contributed by atoms with E-state index in [1.165, 1.54) is 24.3 Å². The molecule has 1 amide bonds. The Morgan fingerprint density at radius 2 is 1.90 bits per heavy atom. The van der Waals surface area contributed by atoms with Gasteiger partial charge in [-0.05, 0) is 42.2 Å². The molecule has 0 bridgehead atoms. The van der Waals surface area contributed by atoms with E-state index in [1.54, 1.807) is 24.3 Å². The highest BCUT2D eigenvalue weighted by molar-refractivity contribution is 5.95. The highest BCUT2D eigenvalue weighted by atomic mass is 19.1. The molecule has 2 aromatic carbocycles. The van der Waals surface area contributed by atoms with Crippen LogP contribution in [-0.4, -0.2) is 5.91 Å². The summed E-state index contributed by atoms with van der Waals surface area (Å²) < 4.78 is 26.6. The SMILES string of the molecule is O=C(Nc1cccc(F)c1)C1CC1c1ccccc1F. The minimum absolute atomic E-state index is 0.0789. The van der Waals surface area contributed by atoms with Gasteiger partial charge in [0, 0.05) is 11.6 Å². The van der Waals surface area contributed by atoms with E-state index in [0.717, 1.165) is 0 Å². The number of amides is 1. The van der Waals surface area contributed by atoms with Crippen LogP contribution in [0.25, 0.3) is 0 Å². The molecule has 102 valence electrons. The number of rotatable bonds is 3. The molecule has 20 heavy (non-hydrogen) atoms.